The van der Waals surface area contributed by atoms with Crippen molar-refractivity contribution >= 4 is 17.5 Å². The standard InChI is InChI=1S/C19H29N5/c1-7-24(8-2)17-12-20-23-19(21-17)22-18-15(13(3)4)10-9-11-16(18)14(5)6/h9-14H,7-8H2,1-6H3,(H,21,22,23). The van der Waals surface area contributed by atoms with E-state index in [1.54, 1.807) is 6.20 Å². The Kier molecular flexibility index (Phi) is 6.12. The van der Waals surface area contributed by atoms with Crippen LogP contribution in [0.1, 0.15) is 64.5 Å². The minimum absolute atomic E-state index is 0.421. The molecule has 0 aliphatic rings. The molecule has 0 fully saturated rings. The van der Waals surface area contributed by atoms with E-state index in [1.807, 2.05) is 0 Å². The topological polar surface area (TPSA) is 53.9 Å². The summed E-state index contributed by atoms with van der Waals surface area (Å²) in [6.45, 7) is 14.8. The lowest BCUT2D eigenvalue weighted by atomic mass is 9.93. The number of nitrogens with zero attached hydrogens (tertiary/aromatic N) is 4. The normalized spacial score (nSPS) is 11.2. The second kappa shape index (κ2) is 8.08. The van der Waals surface area contributed by atoms with Gasteiger partial charge in [0.05, 0.1) is 6.20 Å². The van der Waals surface area contributed by atoms with Gasteiger partial charge in [-0.3, -0.25) is 0 Å². The fourth-order valence-corrected chi connectivity index (χ4v) is 2.86. The van der Waals surface area contributed by atoms with E-state index in [0.717, 1.165) is 24.6 Å². The molecular weight excluding hydrogens is 298 g/mol. The molecule has 0 spiro atoms. The lowest BCUT2D eigenvalue weighted by Gasteiger charge is -2.22. The number of rotatable bonds is 7. The first-order valence-electron chi connectivity index (χ1n) is 8.82. The Morgan fingerprint density at radius 3 is 2.08 bits per heavy atom. The zero-order chi connectivity index (χ0) is 17.7. The first kappa shape index (κ1) is 18.2. The third-order valence-electron chi connectivity index (χ3n) is 4.24. The molecule has 1 aromatic heterocycles. The molecule has 0 radical (unpaired) electrons. The van der Waals surface area contributed by atoms with E-state index >= 15 is 0 Å². The predicted molar refractivity (Wildman–Crippen MR) is 101 cm³/mol. The summed E-state index contributed by atoms with van der Waals surface area (Å²) in [5, 5.41) is 11.8. The summed E-state index contributed by atoms with van der Waals surface area (Å²) in [6.07, 6.45) is 1.72. The Morgan fingerprint density at radius 2 is 1.58 bits per heavy atom. The highest BCUT2D eigenvalue weighted by Crippen LogP contribution is 2.33. The van der Waals surface area contributed by atoms with Crippen LogP contribution >= 0.6 is 0 Å². The van der Waals surface area contributed by atoms with E-state index in [0.29, 0.717) is 17.8 Å². The molecule has 0 aliphatic heterocycles. The highest BCUT2D eigenvalue weighted by atomic mass is 15.3. The summed E-state index contributed by atoms with van der Waals surface area (Å²) in [5.41, 5.74) is 3.66. The zero-order valence-corrected chi connectivity index (χ0v) is 15.7. The number of aromatic nitrogens is 3. The summed E-state index contributed by atoms with van der Waals surface area (Å²) in [4.78, 5) is 6.82. The van der Waals surface area contributed by atoms with Crippen LogP contribution in [0.25, 0.3) is 0 Å². The van der Waals surface area contributed by atoms with Gasteiger partial charge in [0.2, 0.25) is 5.95 Å². The maximum atomic E-state index is 4.65. The average Bonchev–Trinajstić information content (AvgIpc) is 2.56. The first-order chi connectivity index (χ1) is 11.5. The van der Waals surface area contributed by atoms with Gasteiger partial charge in [0, 0.05) is 18.8 Å². The van der Waals surface area contributed by atoms with Gasteiger partial charge >= 0.3 is 0 Å². The maximum Gasteiger partial charge on any atom is 0.249 e. The fraction of sp³-hybridized carbons (Fsp3) is 0.526. The van der Waals surface area contributed by atoms with Gasteiger partial charge in [-0.25, -0.2) is 0 Å². The molecule has 0 amide bonds. The number of hydrogen-bond donors (Lipinski definition) is 1. The highest BCUT2D eigenvalue weighted by Gasteiger charge is 2.15. The molecule has 5 nitrogen and oxygen atoms in total. The number of anilines is 3. The van der Waals surface area contributed by atoms with Crippen molar-refractivity contribution < 1.29 is 0 Å². The lowest BCUT2D eigenvalue weighted by Crippen LogP contribution is -2.23. The van der Waals surface area contributed by atoms with Gasteiger partial charge in [-0.05, 0) is 36.8 Å². The SMILES string of the molecule is CCN(CC)c1cnnc(Nc2c(C(C)C)cccc2C(C)C)n1. The van der Waals surface area contributed by atoms with Gasteiger partial charge in [0.25, 0.3) is 0 Å². The van der Waals surface area contributed by atoms with Crippen molar-refractivity contribution in [1.29, 1.82) is 0 Å². The van der Waals surface area contributed by atoms with Gasteiger partial charge in [-0.1, -0.05) is 45.9 Å². The van der Waals surface area contributed by atoms with E-state index in [4.69, 9.17) is 0 Å². The van der Waals surface area contributed by atoms with Crippen LogP contribution in [-0.2, 0) is 0 Å². The van der Waals surface area contributed by atoms with Crippen molar-refractivity contribution in [3.05, 3.63) is 35.5 Å². The van der Waals surface area contributed by atoms with E-state index < -0.39 is 0 Å². The minimum Gasteiger partial charge on any atom is -0.356 e. The Labute approximate surface area is 145 Å². The summed E-state index contributed by atoms with van der Waals surface area (Å²) in [7, 11) is 0. The molecule has 0 aliphatic carbocycles. The molecule has 0 saturated heterocycles. The van der Waals surface area contributed by atoms with Crippen LogP contribution in [0.2, 0.25) is 0 Å². The third kappa shape index (κ3) is 4.02. The first-order valence-corrected chi connectivity index (χ1v) is 8.82. The minimum atomic E-state index is 0.421. The predicted octanol–water partition coefficient (Wildman–Crippen LogP) is 4.71. The van der Waals surface area contributed by atoms with Crippen LogP contribution in [0, 0.1) is 0 Å². The molecule has 130 valence electrons. The molecule has 0 atom stereocenters. The Bertz CT molecular complexity index is 636. The number of hydrogen-bond acceptors (Lipinski definition) is 5. The maximum absolute atomic E-state index is 4.65. The van der Waals surface area contributed by atoms with Gasteiger partial charge in [0.15, 0.2) is 5.82 Å². The molecule has 0 unspecified atom stereocenters. The number of para-hydroxylation sites is 1. The number of nitrogens with one attached hydrogen (secondary N) is 1. The molecule has 5 heteroatoms. The summed E-state index contributed by atoms with van der Waals surface area (Å²) >= 11 is 0. The van der Waals surface area contributed by atoms with E-state index in [9.17, 15) is 0 Å². The van der Waals surface area contributed by atoms with Crippen LogP contribution in [-0.4, -0.2) is 28.3 Å². The van der Waals surface area contributed by atoms with Gasteiger partial charge < -0.3 is 10.2 Å². The second-order valence-corrected chi connectivity index (χ2v) is 6.56. The molecule has 1 aromatic carbocycles. The monoisotopic (exact) mass is 327 g/mol. The molecule has 1 N–H and O–H groups in total. The second-order valence-electron chi connectivity index (χ2n) is 6.56. The van der Waals surface area contributed by atoms with Crippen LogP contribution in [0.4, 0.5) is 17.5 Å². The molecule has 1 heterocycles. The van der Waals surface area contributed by atoms with E-state index in [2.05, 4.69) is 85.1 Å². The fourth-order valence-electron chi connectivity index (χ4n) is 2.86. The van der Waals surface area contributed by atoms with Crippen molar-refractivity contribution in [3.63, 3.8) is 0 Å². The van der Waals surface area contributed by atoms with Crippen LogP contribution in [0.15, 0.2) is 24.4 Å². The molecule has 24 heavy (non-hydrogen) atoms. The van der Waals surface area contributed by atoms with Crippen LogP contribution in [0.3, 0.4) is 0 Å². The van der Waals surface area contributed by atoms with E-state index in [1.165, 1.54) is 11.1 Å². The quantitative estimate of drug-likeness (QED) is 0.798. The summed E-state index contributed by atoms with van der Waals surface area (Å²) < 4.78 is 0. The van der Waals surface area contributed by atoms with Crippen molar-refractivity contribution in [2.45, 2.75) is 53.4 Å². The summed E-state index contributed by atoms with van der Waals surface area (Å²) in [6, 6.07) is 6.46. The Balaban J connectivity index is 2.42. The van der Waals surface area contributed by atoms with Gasteiger partial charge in [0.1, 0.15) is 0 Å². The molecule has 0 bridgehead atoms. The van der Waals surface area contributed by atoms with Crippen molar-refractivity contribution in [3.8, 4) is 0 Å². The van der Waals surface area contributed by atoms with Crippen molar-refractivity contribution in [1.82, 2.24) is 15.2 Å². The van der Waals surface area contributed by atoms with Gasteiger partial charge in [-0.15, -0.1) is 5.10 Å². The average molecular weight is 327 g/mol. The number of benzene rings is 1. The van der Waals surface area contributed by atoms with Gasteiger partial charge in [-0.2, -0.15) is 10.1 Å². The smallest absolute Gasteiger partial charge is 0.249 e. The largest absolute Gasteiger partial charge is 0.356 e. The molecule has 2 rings (SSSR count). The zero-order valence-electron chi connectivity index (χ0n) is 15.7. The summed E-state index contributed by atoms with van der Waals surface area (Å²) in [5.74, 6) is 2.25. The van der Waals surface area contributed by atoms with Crippen LogP contribution < -0.4 is 10.2 Å². The van der Waals surface area contributed by atoms with Crippen molar-refractivity contribution in [2.75, 3.05) is 23.3 Å². The molecular formula is C19H29N5. The van der Waals surface area contributed by atoms with Crippen molar-refractivity contribution in [2.24, 2.45) is 0 Å². The molecule has 0 saturated carbocycles. The molecule has 2 aromatic rings. The third-order valence-corrected chi connectivity index (χ3v) is 4.24. The highest BCUT2D eigenvalue weighted by molar-refractivity contribution is 5.65. The van der Waals surface area contributed by atoms with Crippen LogP contribution in [0.5, 0.6) is 0 Å². The lowest BCUT2D eigenvalue weighted by molar-refractivity contribution is 0.821. The Hall–Kier alpha value is -2.17. The Morgan fingerprint density at radius 1 is 1.00 bits per heavy atom. The van der Waals surface area contributed by atoms with E-state index in [-0.39, 0.29) is 0 Å².